The van der Waals surface area contributed by atoms with Crippen molar-refractivity contribution >= 4 is 11.4 Å². The van der Waals surface area contributed by atoms with Gasteiger partial charge in [0.25, 0.3) is 0 Å². The molecule has 0 amide bonds. The first-order chi connectivity index (χ1) is 7.99. The highest BCUT2D eigenvalue weighted by atomic mass is 15.0. The minimum Gasteiger partial charge on any atom is -0.380 e. The van der Waals surface area contributed by atoms with Crippen molar-refractivity contribution in [2.75, 3.05) is 10.6 Å². The van der Waals surface area contributed by atoms with Crippen molar-refractivity contribution in [1.29, 1.82) is 0 Å². The Balaban J connectivity index is 3.06. The second kappa shape index (κ2) is 4.83. The fourth-order valence-electron chi connectivity index (χ4n) is 1.90. The van der Waals surface area contributed by atoms with Crippen LogP contribution in [0.25, 0.3) is 0 Å². The van der Waals surface area contributed by atoms with Crippen LogP contribution in [0.3, 0.4) is 0 Å². The third kappa shape index (κ3) is 4.25. The summed E-state index contributed by atoms with van der Waals surface area (Å²) in [6.07, 6.45) is 0. The van der Waals surface area contributed by atoms with E-state index in [9.17, 15) is 0 Å². The van der Waals surface area contributed by atoms with Crippen LogP contribution in [0, 0.1) is 13.8 Å². The molecule has 2 heteroatoms. The zero-order valence-electron chi connectivity index (χ0n) is 13.2. The second-order valence-electron chi connectivity index (χ2n) is 7.16. The molecule has 0 aliphatic carbocycles. The van der Waals surface area contributed by atoms with Crippen LogP contribution in [0.15, 0.2) is 12.1 Å². The van der Waals surface area contributed by atoms with Gasteiger partial charge in [0, 0.05) is 22.5 Å². The summed E-state index contributed by atoms with van der Waals surface area (Å²) in [4.78, 5) is 0. The number of rotatable bonds is 2. The van der Waals surface area contributed by atoms with Gasteiger partial charge in [0.05, 0.1) is 0 Å². The third-order valence-corrected chi connectivity index (χ3v) is 2.81. The lowest BCUT2D eigenvalue weighted by atomic mass is 10.0. The van der Waals surface area contributed by atoms with Gasteiger partial charge in [-0.1, -0.05) is 0 Å². The van der Waals surface area contributed by atoms with Gasteiger partial charge in [-0.3, -0.25) is 0 Å². The van der Waals surface area contributed by atoms with Crippen molar-refractivity contribution in [3.63, 3.8) is 0 Å². The van der Waals surface area contributed by atoms with Crippen LogP contribution in [0.2, 0.25) is 0 Å². The lowest BCUT2D eigenvalue weighted by Gasteiger charge is -2.27. The Morgan fingerprint density at radius 3 is 1.17 bits per heavy atom. The first-order valence-corrected chi connectivity index (χ1v) is 6.66. The monoisotopic (exact) mass is 248 g/mol. The quantitative estimate of drug-likeness (QED) is 0.791. The van der Waals surface area contributed by atoms with Gasteiger partial charge in [0.15, 0.2) is 0 Å². The van der Waals surface area contributed by atoms with E-state index in [1.165, 1.54) is 22.5 Å². The van der Waals surface area contributed by atoms with Gasteiger partial charge in [-0.2, -0.15) is 0 Å². The molecule has 18 heavy (non-hydrogen) atoms. The third-order valence-electron chi connectivity index (χ3n) is 2.81. The van der Waals surface area contributed by atoms with Crippen molar-refractivity contribution in [2.24, 2.45) is 0 Å². The van der Waals surface area contributed by atoms with Gasteiger partial charge in [0.2, 0.25) is 0 Å². The Kier molecular flexibility index (Phi) is 3.99. The Morgan fingerprint density at radius 2 is 0.944 bits per heavy atom. The number of benzene rings is 1. The topological polar surface area (TPSA) is 24.1 Å². The average Bonchev–Trinajstić information content (AvgIpc) is 2.14. The van der Waals surface area contributed by atoms with Gasteiger partial charge in [-0.25, -0.2) is 0 Å². The predicted molar refractivity (Wildman–Crippen MR) is 82.7 cm³/mol. The standard InChI is InChI=1S/C16H28N2/c1-11-12(2)14(18-16(6,7)8)10-9-13(11)17-15(3,4)5/h9-10,17-18H,1-8H3. The van der Waals surface area contributed by atoms with Crippen molar-refractivity contribution in [3.05, 3.63) is 23.3 Å². The van der Waals surface area contributed by atoms with Crippen molar-refractivity contribution < 1.29 is 0 Å². The minimum absolute atomic E-state index is 0.0934. The Morgan fingerprint density at radius 1 is 0.667 bits per heavy atom. The molecule has 0 radical (unpaired) electrons. The molecule has 0 heterocycles. The largest absolute Gasteiger partial charge is 0.380 e. The van der Waals surface area contributed by atoms with E-state index in [-0.39, 0.29) is 11.1 Å². The van der Waals surface area contributed by atoms with Crippen molar-refractivity contribution in [2.45, 2.75) is 66.5 Å². The molecular formula is C16H28N2. The van der Waals surface area contributed by atoms with E-state index in [0.29, 0.717) is 0 Å². The summed E-state index contributed by atoms with van der Waals surface area (Å²) < 4.78 is 0. The maximum atomic E-state index is 3.55. The number of anilines is 2. The Bertz CT molecular complexity index is 379. The maximum absolute atomic E-state index is 3.55. The molecule has 0 unspecified atom stereocenters. The van der Waals surface area contributed by atoms with Gasteiger partial charge in [0.1, 0.15) is 0 Å². The molecule has 0 spiro atoms. The maximum Gasteiger partial charge on any atom is 0.0378 e. The summed E-state index contributed by atoms with van der Waals surface area (Å²) in [5.41, 5.74) is 5.27. The molecule has 0 saturated carbocycles. The zero-order chi connectivity index (χ0) is 14.1. The fourth-order valence-corrected chi connectivity index (χ4v) is 1.90. The number of hydrogen-bond donors (Lipinski definition) is 2. The van der Waals surface area contributed by atoms with E-state index in [2.05, 4.69) is 78.2 Å². The van der Waals surface area contributed by atoms with E-state index in [1.54, 1.807) is 0 Å². The zero-order valence-corrected chi connectivity index (χ0v) is 13.2. The molecule has 102 valence electrons. The summed E-state index contributed by atoms with van der Waals surface area (Å²) in [6.45, 7) is 17.5. The molecule has 0 fully saturated rings. The van der Waals surface area contributed by atoms with Crippen LogP contribution in [0.4, 0.5) is 11.4 Å². The second-order valence-corrected chi connectivity index (χ2v) is 7.16. The van der Waals surface area contributed by atoms with E-state index in [0.717, 1.165) is 0 Å². The van der Waals surface area contributed by atoms with E-state index in [4.69, 9.17) is 0 Å². The van der Waals surface area contributed by atoms with E-state index >= 15 is 0 Å². The molecule has 1 aromatic carbocycles. The van der Waals surface area contributed by atoms with Gasteiger partial charge in [-0.15, -0.1) is 0 Å². The summed E-state index contributed by atoms with van der Waals surface area (Å²) in [7, 11) is 0. The van der Waals surface area contributed by atoms with Crippen molar-refractivity contribution in [1.82, 2.24) is 0 Å². The molecule has 0 aromatic heterocycles. The van der Waals surface area contributed by atoms with Crippen LogP contribution in [-0.4, -0.2) is 11.1 Å². The van der Waals surface area contributed by atoms with Gasteiger partial charge in [-0.05, 0) is 78.6 Å². The first kappa shape index (κ1) is 14.9. The molecule has 2 N–H and O–H groups in total. The SMILES string of the molecule is Cc1c(NC(C)(C)C)ccc(NC(C)(C)C)c1C. The molecule has 0 saturated heterocycles. The fraction of sp³-hybridized carbons (Fsp3) is 0.625. The summed E-state index contributed by atoms with van der Waals surface area (Å²) in [5.74, 6) is 0. The highest BCUT2D eigenvalue weighted by Gasteiger charge is 2.15. The minimum atomic E-state index is 0.0934. The van der Waals surface area contributed by atoms with Crippen LogP contribution >= 0.6 is 0 Å². The van der Waals surface area contributed by atoms with Crippen molar-refractivity contribution in [3.8, 4) is 0 Å². The van der Waals surface area contributed by atoms with Crippen LogP contribution in [-0.2, 0) is 0 Å². The molecule has 1 aromatic rings. The van der Waals surface area contributed by atoms with Gasteiger partial charge >= 0.3 is 0 Å². The van der Waals surface area contributed by atoms with Crippen LogP contribution < -0.4 is 10.6 Å². The molecule has 1 rings (SSSR count). The van der Waals surface area contributed by atoms with Gasteiger partial charge < -0.3 is 10.6 Å². The lowest BCUT2D eigenvalue weighted by molar-refractivity contribution is 0.630. The molecule has 0 aliphatic heterocycles. The summed E-state index contributed by atoms with van der Waals surface area (Å²) >= 11 is 0. The average molecular weight is 248 g/mol. The molecule has 0 aliphatic rings. The molecule has 0 atom stereocenters. The number of nitrogens with one attached hydrogen (secondary N) is 2. The normalized spacial score (nSPS) is 12.4. The van der Waals surface area contributed by atoms with Crippen LogP contribution in [0.1, 0.15) is 52.7 Å². The Hall–Kier alpha value is -1.18. The van der Waals surface area contributed by atoms with Crippen LogP contribution in [0.5, 0.6) is 0 Å². The highest BCUT2D eigenvalue weighted by molar-refractivity contribution is 5.65. The summed E-state index contributed by atoms with van der Waals surface area (Å²) in [5, 5.41) is 7.11. The molecule has 0 bridgehead atoms. The number of hydrogen-bond acceptors (Lipinski definition) is 2. The smallest absolute Gasteiger partial charge is 0.0378 e. The summed E-state index contributed by atoms with van der Waals surface area (Å²) in [6, 6.07) is 4.34. The molecular weight excluding hydrogens is 220 g/mol. The van der Waals surface area contributed by atoms with E-state index < -0.39 is 0 Å². The lowest BCUT2D eigenvalue weighted by Crippen LogP contribution is -2.28. The molecule has 2 nitrogen and oxygen atoms in total. The Labute approximate surface area is 112 Å². The highest BCUT2D eigenvalue weighted by Crippen LogP contribution is 2.29. The first-order valence-electron chi connectivity index (χ1n) is 6.66. The van der Waals surface area contributed by atoms with E-state index in [1.807, 2.05) is 0 Å². The predicted octanol–water partition coefficient (Wildman–Crippen LogP) is 4.72.